The van der Waals surface area contributed by atoms with Gasteiger partial charge in [0.1, 0.15) is 0 Å². The van der Waals surface area contributed by atoms with Crippen LogP contribution in [0.2, 0.25) is 0 Å². The van der Waals surface area contributed by atoms with Crippen LogP contribution >= 0.6 is 0 Å². The van der Waals surface area contributed by atoms with E-state index in [1.54, 1.807) is 0 Å². The van der Waals surface area contributed by atoms with Gasteiger partial charge in [-0.3, -0.25) is 0 Å². The number of fused-ring (bicyclic) bond motifs is 6. The largest absolute Gasteiger partial charge is 0.208 e. The van der Waals surface area contributed by atoms with E-state index in [1.807, 2.05) is 12.1 Å². The fraction of sp³-hybridized carbons (Fsp3) is 0.0984. The molecule has 1 fully saturated rings. The Bertz CT molecular complexity index is 3330. The molecule has 9 aromatic carbocycles. The van der Waals surface area contributed by atoms with Crippen molar-refractivity contribution >= 4 is 10.8 Å². The molecule has 0 atom stereocenters. The Kier molecular flexibility index (Phi) is 9.41. The van der Waals surface area contributed by atoms with Crippen molar-refractivity contribution < 1.29 is 0 Å². The van der Waals surface area contributed by atoms with E-state index in [9.17, 15) is 0 Å². The van der Waals surface area contributed by atoms with Crippen LogP contribution in [0.3, 0.4) is 0 Å². The standard InChI is InChI=1S/C61H45N3/c1-4-15-41(16-5-1)43-25-29-45(30-26-43)58-62-59(64-60(63-58)49-20-14-19-47(39-49)42-17-6-2-7-18-42)46-31-27-44(28-32-46)50-35-36-51(53-22-9-8-21-52(50)53)48-33-34-55-54-23-10-11-24-56(54)61(57(55)40-48)37-12-3-13-38-61/h1-2,4-11,14-36,39-40H,3,12-13,37-38H2. The van der Waals surface area contributed by atoms with Gasteiger partial charge < -0.3 is 0 Å². The van der Waals surface area contributed by atoms with Crippen LogP contribution in [-0.4, -0.2) is 15.0 Å². The molecule has 1 aromatic heterocycles. The van der Waals surface area contributed by atoms with Gasteiger partial charge in [0.25, 0.3) is 0 Å². The molecule has 0 unspecified atom stereocenters. The third-order valence-corrected chi connectivity index (χ3v) is 13.8. The van der Waals surface area contributed by atoms with E-state index in [-0.39, 0.29) is 5.41 Å². The molecule has 3 heteroatoms. The number of hydrogen-bond acceptors (Lipinski definition) is 3. The van der Waals surface area contributed by atoms with Gasteiger partial charge in [0.05, 0.1) is 0 Å². The molecule has 0 amide bonds. The Morgan fingerprint density at radius 3 is 1.36 bits per heavy atom. The summed E-state index contributed by atoms with van der Waals surface area (Å²) in [6.45, 7) is 0. The van der Waals surface area contributed by atoms with Gasteiger partial charge in [-0.2, -0.15) is 0 Å². The van der Waals surface area contributed by atoms with Gasteiger partial charge in [-0.1, -0.05) is 219 Å². The Balaban J connectivity index is 0.916. The zero-order chi connectivity index (χ0) is 42.5. The maximum atomic E-state index is 5.14. The lowest BCUT2D eigenvalue weighted by atomic mass is 9.67. The summed E-state index contributed by atoms with van der Waals surface area (Å²) < 4.78 is 0. The van der Waals surface area contributed by atoms with E-state index in [4.69, 9.17) is 15.0 Å². The first-order valence-electron chi connectivity index (χ1n) is 22.6. The van der Waals surface area contributed by atoms with E-state index in [1.165, 1.54) is 87.4 Å². The Labute approximate surface area is 374 Å². The van der Waals surface area contributed by atoms with Crippen LogP contribution in [0.4, 0.5) is 0 Å². The minimum Gasteiger partial charge on any atom is -0.208 e. The highest BCUT2D eigenvalue weighted by atomic mass is 15.0. The molecule has 0 aliphatic heterocycles. The fourth-order valence-electron chi connectivity index (χ4n) is 10.6. The lowest BCUT2D eigenvalue weighted by molar-refractivity contribution is 0.353. The molecule has 1 heterocycles. The van der Waals surface area contributed by atoms with E-state index in [0.717, 1.165) is 38.9 Å². The molecule has 0 saturated heterocycles. The molecule has 0 N–H and O–H groups in total. The second-order valence-electron chi connectivity index (χ2n) is 17.4. The van der Waals surface area contributed by atoms with E-state index < -0.39 is 0 Å². The Hall–Kier alpha value is -7.75. The Morgan fingerprint density at radius 2 is 0.703 bits per heavy atom. The molecule has 3 nitrogen and oxygen atoms in total. The van der Waals surface area contributed by atoms with Crippen LogP contribution in [0.5, 0.6) is 0 Å². The van der Waals surface area contributed by atoms with Crippen molar-refractivity contribution in [3.8, 4) is 89.8 Å². The van der Waals surface area contributed by atoms with Gasteiger partial charge in [-0.05, 0) is 103 Å². The van der Waals surface area contributed by atoms with Crippen molar-refractivity contribution in [1.82, 2.24) is 15.0 Å². The van der Waals surface area contributed by atoms with Crippen LogP contribution in [-0.2, 0) is 5.41 Å². The van der Waals surface area contributed by atoms with Gasteiger partial charge in [0.2, 0.25) is 0 Å². The molecular formula is C61H45N3. The average Bonchev–Trinajstić information content (AvgIpc) is 3.64. The molecule has 64 heavy (non-hydrogen) atoms. The van der Waals surface area contributed by atoms with E-state index in [0.29, 0.717) is 17.5 Å². The number of benzene rings is 9. The molecule has 10 aromatic rings. The monoisotopic (exact) mass is 819 g/mol. The highest BCUT2D eigenvalue weighted by Crippen LogP contribution is 2.56. The molecule has 304 valence electrons. The molecule has 12 rings (SSSR count). The zero-order valence-corrected chi connectivity index (χ0v) is 35.6. The third kappa shape index (κ3) is 6.64. The van der Waals surface area contributed by atoms with Gasteiger partial charge in [0.15, 0.2) is 17.5 Å². The summed E-state index contributed by atoms with van der Waals surface area (Å²) in [4.78, 5) is 15.4. The lowest BCUT2D eigenvalue weighted by Crippen LogP contribution is -2.28. The Morgan fingerprint density at radius 1 is 0.266 bits per heavy atom. The normalized spacial score (nSPS) is 13.8. The van der Waals surface area contributed by atoms with Crippen LogP contribution in [0.25, 0.3) is 101 Å². The SMILES string of the molecule is c1ccc(-c2ccc(-c3nc(-c4ccc(-c5ccc(-c6ccc7c(c6)C6(CCCCC6)c6ccccc6-7)c6ccccc56)cc4)nc(-c4cccc(-c5ccccc5)c4)n3)cc2)cc1. The minimum atomic E-state index is 0.122. The predicted octanol–water partition coefficient (Wildman–Crippen LogP) is 15.9. The quantitative estimate of drug-likeness (QED) is 0.161. The third-order valence-electron chi connectivity index (χ3n) is 13.8. The summed E-state index contributed by atoms with van der Waals surface area (Å²) in [6, 6.07) is 76.6. The molecule has 0 bridgehead atoms. The van der Waals surface area contributed by atoms with Crippen LogP contribution in [0.1, 0.15) is 43.2 Å². The van der Waals surface area contributed by atoms with Crippen LogP contribution in [0, 0.1) is 0 Å². The summed E-state index contributed by atoms with van der Waals surface area (Å²) in [5.41, 5.74) is 18.4. The number of hydrogen-bond donors (Lipinski definition) is 0. The van der Waals surface area contributed by atoms with Gasteiger partial charge >= 0.3 is 0 Å². The lowest BCUT2D eigenvalue weighted by Gasteiger charge is -2.36. The fourth-order valence-corrected chi connectivity index (χ4v) is 10.6. The molecule has 1 spiro atoms. The number of nitrogens with zero attached hydrogens (tertiary/aromatic N) is 3. The summed E-state index contributed by atoms with van der Waals surface area (Å²) in [5.74, 6) is 1.92. The van der Waals surface area contributed by atoms with Crippen molar-refractivity contribution in [3.63, 3.8) is 0 Å². The summed E-state index contributed by atoms with van der Waals surface area (Å²) >= 11 is 0. The zero-order valence-electron chi connectivity index (χ0n) is 35.6. The highest BCUT2D eigenvalue weighted by Gasteiger charge is 2.43. The van der Waals surface area contributed by atoms with Gasteiger partial charge in [0, 0.05) is 22.1 Å². The molecular weight excluding hydrogens is 775 g/mol. The topological polar surface area (TPSA) is 38.7 Å². The number of aromatic nitrogens is 3. The molecule has 2 aliphatic rings. The first-order valence-corrected chi connectivity index (χ1v) is 22.6. The van der Waals surface area contributed by atoms with Gasteiger partial charge in [-0.15, -0.1) is 0 Å². The van der Waals surface area contributed by atoms with Crippen molar-refractivity contribution in [1.29, 1.82) is 0 Å². The molecule has 0 radical (unpaired) electrons. The average molecular weight is 820 g/mol. The minimum absolute atomic E-state index is 0.122. The number of rotatable bonds is 7. The summed E-state index contributed by atoms with van der Waals surface area (Å²) in [5, 5.41) is 2.51. The van der Waals surface area contributed by atoms with Crippen molar-refractivity contribution in [2.45, 2.75) is 37.5 Å². The van der Waals surface area contributed by atoms with Crippen LogP contribution < -0.4 is 0 Å². The van der Waals surface area contributed by atoms with Crippen LogP contribution in [0.15, 0.2) is 212 Å². The highest BCUT2D eigenvalue weighted by molar-refractivity contribution is 6.05. The van der Waals surface area contributed by atoms with Crippen molar-refractivity contribution in [2.24, 2.45) is 0 Å². The molecule has 2 aliphatic carbocycles. The second kappa shape index (κ2) is 15.9. The first kappa shape index (κ1) is 38.0. The maximum Gasteiger partial charge on any atom is 0.164 e. The van der Waals surface area contributed by atoms with Crippen molar-refractivity contribution in [2.75, 3.05) is 0 Å². The summed E-state index contributed by atoms with van der Waals surface area (Å²) in [6.07, 6.45) is 6.36. The van der Waals surface area contributed by atoms with Gasteiger partial charge in [-0.25, -0.2) is 15.0 Å². The second-order valence-corrected chi connectivity index (χ2v) is 17.4. The summed E-state index contributed by atoms with van der Waals surface area (Å²) in [7, 11) is 0. The predicted molar refractivity (Wildman–Crippen MR) is 265 cm³/mol. The maximum absolute atomic E-state index is 5.14. The smallest absolute Gasteiger partial charge is 0.164 e. The molecule has 1 saturated carbocycles. The van der Waals surface area contributed by atoms with E-state index in [2.05, 4.69) is 200 Å². The first-order chi connectivity index (χ1) is 31.7. The van der Waals surface area contributed by atoms with E-state index >= 15 is 0 Å². The van der Waals surface area contributed by atoms with Crippen molar-refractivity contribution in [3.05, 3.63) is 223 Å².